The second kappa shape index (κ2) is 34.7. The molecule has 1 aromatic heterocycles. The number of aryl methyl sites for hydroxylation is 1. The molecule has 0 fully saturated rings. The lowest BCUT2D eigenvalue weighted by atomic mass is 9.84. The van der Waals surface area contributed by atoms with Gasteiger partial charge in [0.15, 0.2) is 67.0 Å². The first-order valence-corrected chi connectivity index (χ1v) is 36.6. The highest BCUT2D eigenvalue weighted by Crippen LogP contribution is 2.39. The molecular formula is C77H66O18S5. The van der Waals surface area contributed by atoms with Gasteiger partial charge in [-0.3, -0.25) is 9.59 Å². The molecule has 0 saturated carbocycles. The highest BCUT2D eigenvalue weighted by molar-refractivity contribution is 7.80. The molecule has 0 spiro atoms. The summed E-state index contributed by atoms with van der Waals surface area (Å²) in [6.07, 6.45) is 1.77. The summed E-state index contributed by atoms with van der Waals surface area (Å²) in [5.41, 5.74) is 13.8. The van der Waals surface area contributed by atoms with Crippen molar-refractivity contribution in [1.82, 2.24) is 0 Å². The monoisotopic (exact) mass is 1440 g/mol. The first kappa shape index (κ1) is 72.8. The Morgan fingerprint density at radius 3 is 1.34 bits per heavy atom. The third kappa shape index (κ3) is 19.3. The minimum absolute atomic E-state index is 0.0210. The van der Waals surface area contributed by atoms with Crippen molar-refractivity contribution in [2.24, 2.45) is 0 Å². The Hall–Kier alpha value is -9.89. The lowest BCUT2D eigenvalue weighted by Crippen LogP contribution is -2.20. The predicted octanol–water partition coefficient (Wildman–Crippen LogP) is 16.0. The Morgan fingerprint density at radius 2 is 0.790 bits per heavy atom. The van der Waals surface area contributed by atoms with E-state index in [-0.39, 0.29) is 36.3 Å². The van der Waals surface area contributed by atoms with Gasteiger partial charge >= 0.3 is 0 Å². The van der Waals surface area contributed by atoms with Crippen LogP contribution in [-0.4, -0.2) is 94.3 Å². The zero-order valence-corrected chi connectivity index (χ0v) is 58.0. The summed E-state index contributed by atoms with van der Waals surface area (Å²) in [6, 6.07) is 73.6. The number of furan rings is 1. The van der Waals surface area contributed by atoms with Gasteiger partial charge in [0.25, 0.3) is 0 Å². The molecule has 5 unspecified atom stereocenters. The van der Waals surface area contributed by atoms with Crippen LogP contribution in [0.5, 0.6) is 34.5 Å². The number of fused-ring (bicyclic) bond motifs is 8. The van der Waals surface area contributed by atoms with Crippen LogP contribution in [0.4, 0.5) is 0 Å². The molecule has 23 heteroatoms. The third-order valence-electron chi connectivity index (χ3n) is 15.8. The summed E-state index contributed by atoms with van der Waals surface area (Å²) >= 11 is -9.60. The lowest BCUT2D eigenvalue weighted by molar-refractivity contribution is 0.0979. The van der Waals surface area contributed by atoms with E-state index in [1.807, 2.05) is 54.6 Å². The zero-order chi connectivity index (χ0) is 70.8. The quantitative estimate of drug-likeness (QED) is 0.0499. The van der Waals surface area contributed by atoms with Gasteiger partial charge in [-0.15, -0.1) is 0 Å². The molecule has 12 aromatic rings. The van der Waals surface area contributed by atoms with Crippen LogP contribution < -0.4 is 23.7 Å². The van der Waals surface area contributed by atoms with Crippen LogP contribution in [0.25, 0.3) is 44.2 Å². The van der Waals surface area contributed by atoms with Crippen molar-refractivity contribution in [3.05, 3.63) is 293 Å². The molecule has 100 heavy (non-hydrogen) atoms. The van der Waals surface area contributed by atoms with Gasteiger partial charge in [0.1, 0.15) is 58.9 Å². The van der Waals surface area contributed by atoms with Crippen molar-refractivity contribution in [1.29, 1.82) is 0 Å². The van der Waals surface area contributed by atoms with E-state index in [0.29, 0.717) is 54.2 Å². The number of hydrogen-bond acceptors (Lipinski definition) is 13. The highest BCUT2D eigenvalue weighted by atomic mass is 32.2. The number of hydrogen-bond donors (Lipinski definition) is 5. The van der Waals surface area contributed by atoms with Gasteiger partial charge in [0.05, 0.1) is 40.4 Å². The van der Waals surface area contributed by atoms with Crippen molar-refractivity contribution >= 4 is 88.9 Å². The largest absolute Gasteiger partial charge is 0.497 e. The molecule has 2 aliphatic carbocycles. The summed E-state index contributed by atoms with van der Waals surface area (Å²) < 4.78 is 131. The predicted molar refractivity (Wildman–Crippen MR) is 389 cm³/mol. The van der Waals surface area contributed by atoms with Gasteiger partial charge < -0.3 is 50.9 Å². The van der Waals surface area contributed by atoms with Crippen LogP contribution in [0.2, 0.25) is 0 Å². The van der Waals surface area contributed by atoms with E-state index in [1.54, 1.807) is 129 Å². The van der Waals surface area contributed by atoms with Gasteiger partial charge in [-0.2, -0.15) is 0 Å². The zero-order valence-electron chi connectivity index (χ0n) is 53.9. The second-order valence-corrected chi connectivity index (χ2v) is 27.3. The molecule has 1 heterocycles. The Kier molecular flexibility index (Phi) is 25.3. The van der Waals surface area contributed by atoms with Crippen LogP contribution in [-0.2, 0) is 68.2 Å². The average molecular weight is 1440 g/mol. The molecule has 2 aliphatic rings. The van der Waals surface area contributed by atoms with Gasteiger partial charge in [-0.25, -0.2) is 21.0 Å². The van der Waals surface area contributed by atoms with Crippen molar-refractivity contribution in [3.63, 3.8) is 0 Å². The Balaban J connectivity index is 0.000000136. The van der Waals surface area contributed by atoms with E-state index in [4.69, 9.17) is 46.3 Å². The minimum atomic E-state index is -1.99. The van der Waals surface area contributed by atoms with E-state index in [0.717, 1.165) is 63.2 Å². The number of ether oxygens (including phenoxy) is 5. The second-order valence-electron chi connectivity index (χ2n) is 22.3. The fraction of sp³-hybridized carbons (Fsp3) is 0.117. The lowest BCUT2D eigenvalue weighted by Gasteiger charge is -2.18. The maximum Gasteiger partial charge on any atom is 0.194 e. The smallest absolute Gasteiger partial charge is 0.194 e. The van der Waals surface area contributed by atoms with E-state index >= 15 is 0 Å². The fourth-order valence-electron chi connectivity index (χ4n) is 10.8. The summed E-state index contributed by atoms with van der Waals surface area (Å²) in [5.74, 6) is 3.71. The molecule has 5 N–H and O–H groups in total. The molecule has 512 valence electrons. The maximum absolute atomic E-state index is 12.5. The summed E-state index contributed by atoms with van der Waals surface area (Å²) in [5, 5.41) is 1.84. The SMILES string of the molecule is COc1ccc(-c2ccc(S(=O)O)cc2)cc1.COc1ccc(Oc2ccc(S(=O)O)cc2)cc1.Cc1ccc(Cc2ccc3oc4ccc(S(=O)O)cc4c3c2)cc1.O=C1c2ccccc2C(=O)c2cc(OCCS(=O)O)ccc21.O=S(O)CCOc1ccc2c(c1)Cc1ccccc1-2. The molecule has 5 atom stereocenters. The normalized spacial score (nSPS) is 13.0. The molecule has 14 rings (SSSR count). The van der Waals surface area contributed by atoms with Crippen LogP contribution >= 0.6 is 0 Å². The number of rotatable bonds is 18. The number of carbonyl (C=O) groups excluding carboxylic acids is 2. The molecule has 0 amide bonds. The van der Waals surface area contributed by atoms with E-state index in [2.05, 4.69) is 73.7 Å². The number of methoxy groups -OCH3 is 2. The van der Waals surface area contributed by atoms with E-state index in [9.17, 15) is 35.2 Å². The van der Waals surface area contributed by atoms with Crippen LogP contribution in [0.3, 0.4) is 0 Å². The maximum atomic E-state index is 12.5. The number of benzene rings is 11. The topological polar surface area (TPSA) is 280 Å². The molecule has 11 aromatic carbocycles. The summed E-state index contributed by atoms with van der Waals surface area (Å²) in [7, 11) is 3.23. The number of ketones is 2. The van der Waals surface area contributed by atoms with E-state index in [1.165, 1.54) is 45.0 Å². The Labute approximate surface area is 589 Å². The van der Waals surface area contributed by atoms with Crippen molar-refractivity contribution < 1.29 is 81.5 Å². The first-order chi connectivity index (χ1) is 48.3. The summed E-state index contributed by atoms with van der Waals surface area (Å²) in [4.78, 5) is 26.0. The van der Waals surface area contributed by atoms with Gasteiger partial charge in [0, 0.05) is 33.0 Å². The molecular weight excluding hydrogens is 1370 g/mol. The van der Waals surface area contributed by atoms with Gasteiger partial charge in [0.2, 0.25) is 0 Å². The van der Waals surface area contributed by atoms with Gasteiger partial charge in [-0.1, -0.05) is 115 Å². The van der Waals surface area contributed by atoms with Gasteiger partial charge in [-0.05, 0) is 198 Å². The Bertz CT molecular complexity index is 4980. The molecule has 0 bridgehead atoms. The minimum Gasteiger partial charge on any atom is -0.497 e. The number of carbonyl (C=O) groups is 2. The molecule has 0 aliphatic heterocycles. The van der Waals surface area contributed by atoms with Crippen molar-refractivity contribution in [2.45, 2.75) is 34.5 Å². The molecule has 18 nitrogen and oxygen atoms in total. The third-order valence-corrected chi connectivity index (χ3v) is 18.8. The van der Waals surface area contributed by atoms with Crippen LogP contribution in [0, 0.1) is 6.92 Å². The average Bonchev–Trinajstić information content (AvgIpc) is 1.05. The van der Waals surface area contributed by atoms with Crippen LogP contribution in [0.15, 0.2) is 262 Å². The van der Waals surface area contributed by atoms with Crippen LogP contribution in [0.1, 0.15) is 59.7 Å². The highest BCUT2D eigenvalue weighted by Gasteiger charge is 2.30. The standard InChI is InChI=1S/C20H16O3S.C16H12O5S.C15H14O3S.C13H12O4S.C13H12O3S/c1-13-2-4-14(5-3-13)10-15-6-8-19-17(11-15)18-12-16(24(21)22)7-9-20(18)23-19;17-15-11-3-1-2-4-12(11)16(18)14-9-10(5-6-13(14)15)21-7-8-22(19)20;16-19(17)8-7-18-13-5-6-15-12(10-13)9-11-3-1-2-4-14(11)15;1-16-10-2-4-11(5-3-10)17-12-6-8-13(9-7-12)18(14)15;1-16-12-6-2-10(3-7-12)11-4-8-13(9-5-11)17(14)15/h2-9,11-12H,10H2,1H3,(H,21,22);1-6,9H,7-8H2,(H,19,20);1-6,10H,7-9H2,(H,16,17);2-9H,1H3,(H,14,15);2-9H,1H3,(H,14,15). The Morgan fingerprint density at radius 1 is 0.380 bits per heavy atom. The van der Waals surface area contributed by atoms with Crippen molar-refractivity contribution in [3.8, 4) is 56.8 Å². The first-order valence-electron chi connectivity index (χ1n) is 30.7. The molecule has 0 radical (unpaired) electrons. The van der Waals surface area contributed by atoms with Crippen molar-refractivity contribution in [2.75, 3.05) is 38.9 Å². The van der Waals surface area contributed by atoms with E-state index < -0.39 is 55.4 Å². The fourth-order valence-corrected chi connectivity index (χ4v) is 12.3. The molecule has 0 saturated heterocycles. The summed E-state index contributed by atoms with van der Waals surface area (Å²) in [6.45, 7) is 2.39.